The van der Waals surface area contributed by atoms with Crippen molar-refractivity contribution in [2.45, 2.75) is 70.1 Å². The Labute approximate surface area is 241 Å². The van der Waals surface area contributed by atoms with Gasteiger partial charge in [-0.05, 0) is 82.4 Å². The summed E-state index contributed by atoms with van der Waals surface area (Å²) in [5.74, 6) is -1.90. The van der Waals surface area contributed by atoms with Crippen molar-refractivity contribution in [2.24, 2.45) is 17.8 Å². The second-order valence-corrected chi connectivity index (χ2v) is 12.0. The lowest BCUT2D eigenvalue weighted by atomic mass is 9.82. The summed E-state index contributed by atoms with van der Waals surface area (Å²) >= 11 is 0. The molecule has 2 heterocycles. The molecule has 13 heteroatoms. The van der Waals surface area contributed by atoms with Crippen LogP contribution in [0.2, 0.25) is 0 Å². The van der Waals surface area contributed by atoms with E-state index >= 15 is 0 Å². The summed E-state index contributed by atoms with van der Waals surface area (Å²) in [6.07, 6.45) is 0.881. The Hall–Kier alpha value is -3.90. The molecule has 5 rings (SSSR count). The molecule has 2 aliphatic carbocycles. The first-order valence-electron chi connectivity index (χ1n) is 14.2. The average Bonchev–Trinajstić information content (AvgIpc) is 3.87. The minimum Gasteiger partial charge on any atom is -0.346 e. The molecule has 0 radical (unpaired) electrons. The Balaban J connectivity index is 1.39. The zero-order valence-corrected chi connectivity index (χ0v) is 23.9. The Morgan fingerprint density at radius 3 is 2.31 bits per heavy atom. The van der Waals surface area contributed by atoms with E-state index < -0.39 is 47.8 Å². The van der Waals surface area contributed by atoms with E-state index in [0.717, 1.165) is 25.7 Å². The van der Waals surface area contributed by atoms with Gasteiger partial charge in [0.05, 0.1) is 5.69 Å². The van der Waals surface area contributed by atoms with Crippen LogP contribution < -0.4 is 20.9 Å². The van der Waals surface area contributed by atoms with E-state index in [1.54, 1.807) is 16.9 Å². The van der Waals surface area contributed by atoms with Crippen LogP contribution in [0.3, 0.4) is 0 Å². The van der Waals surface area contributed by atoms with Crippen molar-refractivity contribution in [1.82, 2.24) is 20.4 Å². The molecule has 0 spiro atoms. The van der Waals surface area contributed by atoms with E-state index in [2.05, 4.69) is 15.7 Å². The lowest BCUT2D eigenvalue weighted by Gasteiger charge is -2.28. The van der Waals surface area contributed by atoms with Crippen LogP contribution in [0.5, 0.6) is 0 Å². The third kappa shape index (κ3) is 5.60. The van der Waals surface area contributed by atoms with Crippen molar-refractivity contribution in [2.75, 3.05) is 23.8 Å². The van der Waals surface area contributed by atoms with Gasteiger partial charge in [-0.1, -0.05) is 6.07 Å². The topological polar surface area (TPSA) is 125 Å². The second kappa shape index (κ2) is 10.7. The number of likely N-dealkylation sites (N-methyl/N-ethyl adjacent to an activating group) is 1. The summed E-state index contributed by atoms with van der Waals surface area (Å²) in [4.78, 5) is 54.3. The zero-order chi connectivity index (χ0) is 30.6. The molecule has 10 nitrogen and oxygen atoms in total. The van der Waals surface area contributed by atoms with Crippen LogP contribution in [0.1, 0.15) is 68.5 Å². The van der Waals surface area contributed by atoms with Gasteiger partial charge in [0, 0.05) is 30.5 Å². The van der Waals surface area contributed by atoms with E-state index in [0.29, 0.717) is 28.9 Å². The molecule has 0 bridgehead atoms. The molecule has 2 aromatic rings. The fraction of sp³-hybridized carbons (Fsp3) is 0.552. The third-order valence-electron chi connectivity index (χ3n) is 8.48. The van der Waals surface area contributed by atoms with Gasteiger partial charge in [0.1, 0.15) is 18.3 Å². The fourth-order valence-electron chi connectivity index (χ4n) is 6.02. The minimum atomic E-state index is -4.63. The number of fused-ring (bicyclic) bond motifs is 1. The van der Waals surface area contributed by atoms with Gasteiger partial charge >= 0.3 is 6.18 Å². The first kappa shape index (κ1) is 29.6. The summed E-state index contributed by atoms with van der Waals surface area (Å²) in [5.41, 5.74) is -0.654. The van der Waals surface area contributed by atoms with Gasteiger partial charge in [0.15, 0.2) is 5.41 Å². The number of alkyl halides is 3. The van der Waals surface area contributed by atoms with E-state index in [1.165, 1.54) is 37.1 Å². The number of nitrogens with zero attached hydrogens (tertiary/aromatic N) is 3. The molecule has 226 valence electrons. The molecule has 2 atom stereocenters. The van der Waals surface area contributed by atoms with Crippen LogP contribution in [0, 0.1) is 17.8 Å². The number of rotatable bonds is 10. The maximum Gasteiger partial charge on any atom is 0.405 e. The second-order valence-electron chi connectivity index (χ2n) is 12.0. The Morgan fingerprint density at radius 1 is 1.10 bits per heavy atom. The smallest absolute Gasteiger partial charge is 0.346 e. The molecule has 3 N–H and O–H groups in total. The number of benzene rings is 1. The Morgan fingerprint density at radius 2 is 1.74 bits per heavy atom. The summed E-state index contributed by atoms with van der Waals surface area (Å²) in [6, 6.07) is 5.25. The monoisotopic (exact) mass is 588 g/mol. The van der Waals surface area contributed by atoms with Crippen LogP contribution >= 0.6 is 0 Å². The van der Waals surface area contributed by atoms with Gasteiger partial charge < -0.3 is 20.9 Å². The van der Waals surface area contributed by atoms with Crippen molar-refractivity contribution in [3.05, 3.63) is 41.7 Å². The van der Waals surface area contributed by atoms with Gasteiger partial charge in [0.2, 0.25) is 17.7 Å². The average molecular weight is 589 g/mol. The molecular formula is C29H35F3N6O4. The molecule has 0 saturated heterocycles. The first-order chi connectivity index (χ1) is 19.7. The summed E-state index contributed by atoms with van der Waals surface area (Å²) in [6.45, 7) is 3.54. The van der Waals surface area contributed by atoms with E-state index in [-0.39, 0.29) is 17.5 Å². The number of anilines is 2. The maximum atomic E-state index is 13.8. The molecule has 1 aliphatic heterocycles. The fourth-order valence-corrected chi connectivity index (χ4v) is 6.02. The molecule has 0 unspecified atom stereocenters. The number of hydrogen-bond donors (Lipinski definition) is 3. The summed E-state index contributed by atoms with van der Waals surface area (Å²) < 4.78 is 39.8. The van der Waals surface area contributed by atoms with E-state index in [9.17, 15) is 32.3 Å². The van der Waals surface area contributed by atoms with E-state index in [1.807, 2.05) is 19.2 Å². The number of aromatic nitrogens is 2. The number of hydrogen-bond acceptors (Lipinski definition) is 5. The molecule has 1 aromatic heterocycles. The van der Waals surface area contributed by atoms with Crippen molar-refractivity contribution >= 4 is 35.0 Å². The Kier molecular flexibility index (Phi) is 7.56. The van der Waals surface area contributed by atoms with Gasteiger partial charge in [-0.25, -0.2) is 0 Å². The van der Waals surface area contributed by atoms with Crippen LogP contribution in [-0.2, 0) is 19.8 Å². The highest BCUT2D eigenvalue weighted by Gasteiger charge is 2.53. The number of amides is 4. The van der Waals surface area contributed by atoms with Crippen LogP contribution in [0.4, 0.5) is 24.5 Å². The molecule has 1 aromatic carbocycles. The van der Waals surface area contributed by atoms with Crippen molar-refractivity contribution in [1.29, 1.82) is 0 Å². The standard InChI is InChI=1S/C29H35F3N6O4/c1-15(2)38-20(11-12-34-38)24(39)36-23(22(16-5-6-16)17-7-8-17)25(40)35-18-9-10-19-21(13-18)37(4)27(42)28(19,3)26(41)33-14-29(30,31)32/h9-13,15-17,22-23H,5-8,14H2,1-4H3,(H,33,41)(H,35,40)(H,36,39)/t23-,28+/m0/s1. The molecule has 2 fully saturated rings. The lowest BCUT2D eigenvalue weighted by Crippen LogP contribution is -2.50. The predicted octanol–water partition coefficient (Wildman–Crippen LogP) is 3.55. The van der Waals surface area contributed by atoms with Crippen molar-refractivity contribution in [3.63, 3.8) is 0 Å². The van der Waals surface area contributed by atoms with Gasteiger partial charge in [0.25, 0.3) is 5.91 Å². The zero-order valence-electron chi connectivity index (χ0n) is 23.9. The molecule has 4 amide bonds. The quantitative estimate of drug-likeness (QED) is 0.366. The number of carbonyl (C=O) groups is 4. The van der Waals surface area contributed by atoms with Gasteiger partial charge in [-0.3, -0.25) is 23.9 Å². The van der Waals surface area contributed by atoms with Gasteiger partial charge in [-0.2, -0.15) is 18.3 Å². The van der Waals surface area contributed by atoms with Crippen molar-refractivity contribution in [3.8, 4) is 0 Å². The highest BCUT2D eigenvalue weighted by Crippen LogP contribution is 2.51. The van der Waals surface area contributed by atoms with Crippen LogP contribution in [0.25, 0.3) is 0 Å². The minimum absolute atomic E-state index is 0.0244. The first-order valence-corrected chi connectivity index (χ1v) is 14.2. The molecule has 3 aliphatic rings. The largest absolute Gasteiger partial charge is 0.405 e. The molecule has 2 saturated carbocycles. The Bertz CT molecular complexity index is 1400. The molecule has 42 heavy (non-hydrogen) atoms. The highest BCUT2D eigenvalue weighted by molar-refractivity contribution is 6.21. The SMILES string of the molecule is CC(C)n1nccc1C(=O)N[C@H](C(=O)Nc1ccc2c(c1)N(C)C(=O)[C@@]2(C)C(=O)NCC(F)(F)F)C(C1CC1)C1CC1. The highest BCUT2D eigenvalue weighted by atomic mass is 19.4. The van der Waals surface area contributed by atoms with Crippen LogP contribution in [0.15, 0.2) is 30.5 Å². The number of carbonyl (C=O) groups excluding carboxylic acids is 4. The predicted molar refractivity (Wildman–Crippen MR) is 148 cm³/mol. The maximum absolute atomic E-state index is 13.8. The number of nitrogens with one attached hydrogen (secondary N) is 3. The summed E-state index contributed by atoms with van der Waals surface area (Å²) in [5, 5.41) is 11.9. The molecular weight excluding hydrogens is 553 g/mol. The van der Waals surface area contributed by atoms with E-state index in [4.69, 9.17) is 0 Å². The van der Waals surface area contributed by atoms with Crippen LogP contribution in [-0.4, -0.2) is 59.2 Å². The number of halogens is 3. The van der Waals surface area contributed by atoms with Crippen molar-refractivity contribution < 1.29 is 32.3 Å². The third-order valence-corrected chi connectivity index (χ3v) is 8.48. The van der Waals surface area contributed by atoms with Gasteiger partial charge in [-0.15, -0.1) is 0 Å². The lowest BCUT2D eigenvalue weighted by molar-refractivity contribution is -0.144. The summed E-state index contributed by atoms with van der Waals surface area (Å²) in [7, 11) is 1.42. The normalized spacial score (nSPS) is 21.0.